The van der Waals surface area contributed by atoms with E-state index in [9.17, 15) is 32.3 Å². The number of carbonyl (C=O) groups excluding carboxylic acids is 4. The number of carbonyl (C=O) groups is 4. The van der Waals surface area contributed by atoms with E-state index < -0.39 is 59.9 Å². The molecule has 1 aromatic carbocycles. The summed E-state index contributed by atoms with van der Waals surface area (Å²) in [6.07, 6.45) is 0.0587. The van der Waals surface area contributed by atoms with Crippen LogP contribution in [-0.4, -0.2) is 41.2 Å². The molecule has 1 saturated heterocycles. The third kappa shape index (κ3) is 3.70. The number of likely N-dealkylation sites (tertiary alicyclic amines) is 1. The second-order valence-electron chi connectivity index (χ2n) is 7.96. The minimum absolute atomic E-state index is 0.00194. The second kappa shape index (κ2) is 7.51. The van der Waals surface area contributed by atoms with Crippen molar-refractivity contribution in [2.75, 3.05) is 11.9 Å². The van der Waals surface area contributed by atoms with Gasteiger partial charge in [0.25, 0.3) is 5.91 Å². The van der Waals surface area contributed by atoms with Gasteiger partial charge in [-0.15, -0.1) is 0 Å². The molecule has 1 heterocycles. The number of alkyl halides is 3. The largest absolute Gasteiger partial charge is 0.454 e. The van der Waals surface area contributed by atoms with Crippen LogP contribution in [0, 0.1) is 23.7 Å². The van der Waals surface area contributed by atoms with Gasteiger partial charge >= 0.3 is 12.1 Å². The summed E-state index contributed by atoms with van der Waals surface area (Å²) in [7, 11) is 0. The Hall–Kier alpha value is -3.17. The lowest BCUT2D eigenvalue weighted by Crippen LogP contribution is -2.45. The van der Waals surface area contributed by atoms with E-state index in [1.165, 1.54) is 13.0 Å². The number of rotatable bonds is 5. The third-order valence-corrected chi connectivity index (χ3v) is 6.05. The number of anilines is 1. The van der Waals surface area contributed by atoms with Crippen LogP contribution in [0.2, 0.25) is 0 Å². The van der Waals surface area contributed by atoms with Crippen molar-refractivity contribution in [3.63, 3.8) is 0 Å². The third-order valence-electron chi connectivity index (χ3n) is 6.05. The smallest absolute Gasteiger partial charge is 0.416 e. The van der Waals surface area contributed by atoms with Gasteiger partial charge < -0.3 is 10.1 Å². The maximum atomic E-state index is 12.8. The highest BCUT2D eigenvalue weighted by molar-refractivity contribution is 6.09. The number of nitrogens with zero attached hydrogens (tertiary/aromatic N) is 1. The number of halogens is 3. The Labute approximate surface area is 175 Å². The molecule has 7 nitrogen and oxygen atoms in total. The zero-order valence-electron chi connectivity index (χ0n) is 16.4. The monoisotopic (exact) mass is 436 g/mol. The average molecular weight is 436 g/mol. The van der Waals surface area contributed by atoms with E-state index in [-0.39, 0.29) is 17.5 Å². The van der Waals surface area contributed by atoms with Crippen molar-refractivity contribution in [1.82, 2.24) is 4.90 Å². The molecule has 164 valence electrons. The van der Waals surface area contributed by atoms with Gasteiger partial charge in [-0.25, -0.2) is 4.79 Å². The number of benzene rings is 1. The van der Waals surface area contributed by atoms with Gasteiger partial charge in [0.2, 0.25) is 11.8 Å². The number of hydrogen-bond acceptors (Lipinski definition) is 5. The van der Waals surface area contributed by atoms with Gasteiger partial charge in [0.15, 0.2) is 6.61 Å². The molecular weight excluding hydrogens is 417 g/mol. The van der Waals surface area contributed by atoms with Crippen LogP contribution in [0.4, 0.5) is 18.9 Å². The molecule has 0 aromatic heterocycles. The van der Waals surface area contributed by atoms with Gasteiger partial charge in [-0.3, -0.25) is 19.3 Å². The van der Waals surface area contributed by atoms with Gasteiger partial charge in [-0.2, -0.15) is 13.2 Å². The highest BCUT2D eigenvalue weighted by Gasteiger charge is 2.60. The van der Waals surface area contributed by atoms with Crippen molar-refractivity contribution in [2.45, 2.75) is 25.6 Å². The molecule has 0 radical (unpaired) electrons. The Morgan fingerprint density at radius 1 is 1.16 bits per heavy atom. The number of ether oxygens (including phenoxy) is 1. The highest BCUT2D eigenvalue weighted by atomic mass is 19.4. The maximum absolute atomic E-state index is 12.8. The highest BCUT2D eigenvalue weighted by Crippen LogP contribution is 2.52. The van der Waals surface area contributed by atoms with Crippen molar-refractivity contribution in [2.24, 2.45) is 23.7 Å². The molecular formula is C21H19F3N2O5. The van der Waals surface area contributed by atoms with Gasteiger partial charge in [0.1, 0.15) is 6.04 Å². The summed E-state index contributed by atoms with van der Waals surface area (Å²) in [4.78, 5) is 50.7. The van der Waals surface area contributed by atoms with Crippen LogP contribution >= 0.6 is 0 Å². The average Bonchev–Trinajstić information content (AvgIpc) is 3.39. The summed E-state index contributed by atoms with van der Waals surface area (Å²) in [6, 6.07) is 2.81. The van der Waals surface area contributed by atoms with Gasteiger partial charge in [0, 0.05) is 5.69 Å². The summed E-state index contributed by atoms with van der Waals surface area (Å²) in [5, 5.41) is 2.22. The quantitative estimate of drug-likeness (QED) is 0.435. The number of esters is 1. The topological polar surface area (TPSA) is 92.8 Å². The summed E-state index contributed by atoms with van der Waals surface area (Å²) in [5.41, 5.74) is -1.04. The Morgan fingerprint density at radius 3 is 2.35 bits per heavy atom. The van der Waals surface area contributed by atoms with E-state index in [0.29, 0.717) is 0 Å². The fourth-order valence-corrected chi connectivity index (χ4v) is 4.64. The predicted octanol–water partition coefficient (Wildman–Crippen LogP) is 2.38. The molecule has 0 spiro atoms. The van der Waals surface area contributed by atoms with Crippen LogP contribution in [0.1, 0.15) is 18.9 Å². The lowest BCUT2D eigenvalue weighted by molar-refractivity contribution is -0.159. The Kier molecular flexibility index (Phi) is 5.10. The molecule has 2 bridgehead atoms. The Bertz CT molecular complexity index is 959. The van der Waals surface area contributed by atoms with E-state index >= 15 is 0 Å². The van der Waals surface area contributed by atoms with Crippen molar-refractivity contribution in [3.8, 4) is 0 Å². The van der Waals surface area contributed by atoms with E-state index in [1.54, 1.807) is 0 Å². The first-order valence-corrected chi connectivity index (χ1v) is 9.77. The van der Waals surface area contributed by atoms with E-state index in [0.717, 1.165) is 29.5 Å². The number of imide groups is 1. The van der Waals surface area contributed by atoms with Gasteiger partial charge in [0.05, 0.1) is 17.4 Å². The molecule has 1 saturated carbocycles. The lowest BCUT2D eigenvalue weighted by atomic mass is 9.85. The number of allylic oxidation sites excluding steroid dienone is 2. The van der Waals surface area contributed by atoms with Gasteiger partial charge in [-0.1, -0.05) is 18.2 Å². The zero-order chi connectivity index (χ0) is 22.5. The molecule has 3 aliphatic rings. The van der Waals surface area contributed by atoms with Crippen molar-refractivity contribution in [1.29, 1.82) is 0 Å². The summed E-state index contributed by atoms with van der Waals surface area (Å²) in [6.45, 7) is 0.578. The first-order chi connectivity index (χ1) is 14.6. The number of nitrogens with one attached hydrogen (secondary N) is 1. The van der Waals surface area contributed by atoms with Crippen LogP contribution in [0.5, 0.6) is 0 Å². The molecule has 3 amide bonds. The normalized spacial score (nSPS) is 27.4. The maximum Gasteiger partial charge on any atom is 0.416 e. The molecule has 1 aliphatic heterocycles. The molecule has 0 unspecified atom stereocenters. The predicted molar refractivity (Wildman–Crippen MR) is 100 cm³/mol. The molecule has 2 fully saturated rings. The first-order valence-electron chi connectivity index (χ1n) is 9.77. The zero-order valence-corrected chi connectivity index (χ0v) is 16.4. The van der Waals surface area contributed by atoms with Crippen molar-refractivity contribution < 1.29 is 37.1 Å². The van der Waals surface area contributed by atoms with Crippen LogP contribution < -0.4 is 5.32 Å². The van der Waals surface area contributed by atoms with E-state index in [2.05, 4.69) is 5.32 Å². The van der Waals surface area contributed by atoms with E-state index in [1.807, 2.05) is 12.2 Å². The molecule has 1 N–H and O–H groups in total. The minimum Gasteiger partial charge on any atom is -0.454 e. The van der Waals surface area contributed by atoms with Crippen molar-refractivity contribution in [3.05, 3.63) is 42.0 Å². The standard InChI is InChI=1S/C21H19F3N2O5/c1-10(26-18(28)16-11-5-6-12(7-11)17(16)19(26)29)20(30)31-9-15(27)25-14-4-2-3-13(8-14)21(22,23)24/h2-6,8,10-12,16-17H,7,9H2,1H3,(H,25,27)/t10-,11+,12+,16+,17+/m1/s1. The number of fused-ring (bicyclic) bond motifs is 5. The van der Waals surface area contributed by atoms with Crippen molar-refractivity contribution >= 4 is 29.4 Å². The van der Waals surface area contributed by atoms with E-state index in [4.69, 9.17) is 4.74 Å². The minimum atomic E-state index is -4.56. The first kappa shape index (κ1) is 21.1. The molecule has 1 aromatic rings. The second-order valence-corrected chi connectivity index (χ2v) is 7.96. The molecule has 5 atom stereocenters. The molecule has 2 aliphatic carbocycles. The van der Waals surface area contributed by atoms with Gasteiger partial charge in [-0.05, 0) is 43.4 Å². The van der Waals surface area contributed by atoms with Crippen LogP contribution in [0.15, 0.2) is 36.4 Å². The number of amides is 3. The van der Waals surface area contributed by atoms with Crippen LogP contribution in [0.3, 0.4) is 0 Å². The summed E-state index contributed by atoms with van der Waals surface area (Å²) in [5.74, 6) is -3.53. The fourth-order valence-electron chi connectivity index (χ4n) is 4.64. The van der Waals surface area contributed by atoms with Crippen LogP contribution in [0.25, 0.3) is 0 Å². The Morgan fingerprint density at radius 2 is 1.77 bits per heavy atom. The molecule has 10 heteroatoms. The SMILES string of the molecule is C[C@H](C(=O)OCC(=O)Nc1cccc(C(F)(F)F)c1)N1C(=O)[C@@H]2[C@@H](C1=O)[C@H]1C=C[C@H]2C1. The number of hydrogen-bond donors (Lipinski definition) is 1. The molecule has 4 rings (SSSR count). The molecule has 31 heavy (non-hydrogen) atoms. The Balaban J connectivity index is 1.33. The fraction of sp³-hybridized carbons (Fsp3) is 0.429. The summed E-state index contributed by atoms with van der Waals surface area (Å²) >= 11 is 0. The summed E-state index contributed by atoms with van der Waals surface area (Å²) < 4.78 is 43.2. The lowest BCUT2D eigenvalue weighted by Gasteiger charge is -2.23. The van der Waals surface area contributed by atoms with Crippen LogP contribution in [-0.2, 0) is 30.1 Å².